The molecule has 0 aromatic heterocycles. The summed E-state index contributed by atoms with van der Waals surface area (Å²) in [6.45, 7) is 0.722. The van der Waals surface area contributed by atoms with E-state index in [9.17, 15) is 4.79 Å². The van der Waals surface area contributed by atoms with Gasteiger partial charge in [0, 0.05) is 0 Å². The Kier molecular flexibility index (Phi) is 2.65. The maximum Gasteiger partial charge on any atom is 0.209 e. The predicted molar refractivity (Wildman–Crippen MR) is 28.0 cm³/mol. The fraction of sp³-hybridized carbons (Fsp3) is 0.800. The van der Waals surface area contributed by atoms with Gasteiger partial charge in [-0.2, -0.15) is 0 Å². The van der Waals surface area contributed by atoms with Gasteiger partial charge in [0.1, 0.15) is 0 Å². The average Bonchev–Trinajstić information content (AvgIpc) is 1.87. The number of hydrogen-bond acceptors (Lipinski definition) is 3. The molecular formula is C5H9O3. The fourth-order valence-electron chi connectivity index (χ4n) is 0.115. The smallest absolute Gasteiger partial charge is 0.209 e. The van der Waals surface area contributed by atoms with Crippen LogP contribution in [0.4, 0.5) is 0 Å². The Morgan fingerprint density at radius 1 is 1.50 bits per heavy atom. The molecule has 0 spiro atoms. The number of aliphatic hydroxyl groups is 2. The van der Waals surface area contributed by atoms with E-state index in [0.717, 1.165) is 0 Å². The van der Waals surface area contributed by atoms with Crippen molar-refractivity contribution >= 4 is 6.29 Å². The number of hydrogen-bond donors (Lipinski definition) is 2. The zero-order valence-electron chi connectivity index (χ0n) is 4.72. The first-order valence-corrected chi connectivity index (χ1v) is 2.29. The highest BCUT2D eigenvalue weighted by Crippen LogP contribution is 2.07. The van der Waals surface area contributed by atoms with Crippen LogP contribution < -0.4 is 0 Å². The van der Waals surface area contributed by atoms with Crippen molar-refractivity contribution in [1.82, 2.24) is 0 Å². The minimum Gasteiger partial charge on any atom is -0.395 e. The summed E-state index contributed by atoms with van der Waals surface area (Å²) in [6, 6.07) is 0. The Bertz CT molecular complexity index is 75.7. The van der Waals surface area contributed by atoms with Crippen LogP contribution >= 0.6 is 0 Å². The Morgan fingerprint density at radius 3 is 1.88 bits per heavy atom. The molecule has 0 saturated carbocycles. The van der Waals surface area contributed by atoms with Crippen molar-refractivity contribution < 1.29 is 15.0 Å². The average molecular weight is 117 g/mol. The van der Waals surface area contributed by atoms with Crippen LogP contribution in [-0.2, 0) is 4.79 Å². The summed E-state index contributed by atoms with van der Waals surface area (Å²) < 4.78 is 0. The molecule has 0 heterocycles. The van der Waals surface area contributed by atoms with E-state index in [2.05, 4.69) is 0 Å². The number of aliphatic hydroxyl groups excluding tert-OH is 2. The summed E-state index contributed by atoms with van der Waals surface area (Å²) in [5.74, 6) is 0. The second-order valence-corrected chi connectivity index (χ2v) is 1.98. The first-order chi connectivity index (χ1) is 3.68. The molecule has 0 aliphatic heterocycles. The van der Waals surface area contributed by atoms with Gasteiger partial charge in [-0.3, -0.25) is 4.79 Å². The van der Waals surface area contributed by atoms with Gasteiger partial charge in [0.15, 0.2) is 0 Å². The molecule has 8 heavy (non-hydrogen) atoms. The lowest BCUT2D eigenvalue weighted by molar-refractivity contribution is 0.120. The van der Waals surface area contributed by atoms with Crippen molar-refractivity contribution in [2.24, 2.45) is 5.41 Å². The third-order valence-corrected chi connectivity index (χ3v) is 0.944. The van der Waals surface area contributed by atoms with Crippen molar-refractivity contribution in [2.75, 3.05) is 13.2 Å². The van der Waals surface area contributed by atoms with E-state index in [1.54, 1.807) is 0 Å². The fourth-order valence-corrected chi connectivity index (χ4v) is 0.115. The van der Waals surface area contributed by atoms with Gasteiger partial charge in [-0.1, -0.05) is 0 Å². The van der Waals surface area contributed by atoms with E-state index >= 15 is 0 Å². The van der Waals surface area contributed by atoms with Crippen molar-refractivity contribution in [3.8, 4) is 0 Å². The highest BCUT2D eigenvalue weighted by molar-refractivity contribution is 5.59. The van der Waals surface area contributed by atoms with Crippen LogP contribution in [0, 0.1) is 5.41 Å². The molecule has 0 bridgehead atoms. The summed E-state index contributed by atoms with van der Waals surface area (Å²) in [4.78, 5) is 9.84. The lowest BCUT2D eigenvalue weighted by Gasteiger charge is -2.13. The number of carbonyl (C=O) groups excluding carboxylic acids is 1. The lowest BCUT2D eigenvalue weighted by atomic mass is 9.96. The second kappa shape index (κ2) is 2.79. The van der Waals surface area contributed by atoms with Gasteiger partial charge in [-0.25, -0.2) is 0 Å². The molecule has 1 radical (unpaired) electrons. The normalized spacial score (nSPS) is 11.4. The maximum absolute atomic E-state index is 9.84. The van der Waals surface area contributed by atoms with E-state index in [0.29, 0.717) is 0 Å². The predicted octanol–water partition coefficient (Wildman–Crippen LogP) is -0.913. The van der Waals surface area contributed by atoms with Crippen LogP contribution in [0.15, 0.2) is 0 Å². The van der Waals surface area contributed by atoms with Crippen LogP contribution in [0.1, 0.15) is 6.92 Å². The monoisotopic (exact) mass is 117 g/mol. The first-order valence-electron chi connectivity index (χ1n) is 2.29. The van der Waals surface area contributed by atoms with Crippen LogP contribution in [0.25, 0.3) is 0 Å². The summed E-state index contributed by atoms with van der Waals surface area (Å²) in [6.07, 6.45) is 1.53. The molecule has 0 aliphatic rings. The second-order valence-electron chi connectivity index (χ2n) is 1.98. The molecule has 0 aromatic carbocycles. The van der Waals surface area contributed by atoms with E-state index in [1.807, 2.05) is 0 Å². The van der Waals surface area contributed by atoms with Crippen LogP contribution in [0.5, 0.6) is 0 Å². The van der Waals surface area contributed by atoms with Gasteiger partial charge >= 0.3 is 0 Å². The molecule has 0 fully saturated rings. The van der Waals surface area contributed by atoms with Gasteiger partial charge < -0.3 is 10.2 Å². The Hall–Kier alpha value is -0.410. The molecule has 2 N–H and O–H groups in total. The standard InChI is InChI=1S/C5H9O3/c1-5(2-6,3-7)4-8/h6-7H,2-3H2,1H3. The zero-order valence-corrected chi connectivity index (χ0v) is 4.72. The van der Waals surface area contributed by atoms with E-state index in [4.69, 9.17) is 10.2 Å². The lowest BCUT2D eigenvalue weighted by Crippen LogP contribution is -2.27. The minimum atomic E-state index is -1.07. The topological polar surface area (TPSA) is 57.5 Å². The van der Waals surface area contributed by atoms with Gasteiger partial charge in [0.05, 0.1) is 18.6 Å². The van der Waals surface area contributed by atoms with Crippen LogP contribution in [-0.4, -0.2) is 29.7 Å². The molecule has 0 saturated heterocycles. The molecule has 0 atom stereocenters. The van der Waals surface area contributed by atoms with Gasteiger partial charge in [0.25, 0.3) is 0 Å². The molecule has 0 amide bonds. The van der Waals surface area contributed by atoms with Crippen molar-refractivity contribution in [3.05, 3.63) is 0 Å². The first kappa shape index (κ1) is 7.59. The van der Waals surface area contributed by atoms with Crippen LogP contribution in [0.3, 0.4) is 0 Å². The molecule has 0 rings (SSSR count). The minimum absolute atomic E-state index is 0.354. The Balaban J connectivity index is 3.76. The van der Waals surface area contributed by atoms with Crippen LogP contribution in [0.2, 0.25) is 0 Å². The molecule has 0 aromatic rings. The van der Waals surface area contributed by atoms with Crippen molar-refractivity contribution in [1.29, 1.82) is 0 Å². The third kappa shape index (κ3) is 1.60. The molecular weight excluding hydrogens is 108 g/mol. The largest absolute Gasteiger partial charge is 0.395 e. The number of rotatable bonds is 3. The SMILES string of the molecule is CC([C]=O)(CO)CO. The van der Waals surface area contributed by atoms with E-state index in [-0.39, 0.29) is 13.2 Å². The quantitative estimate of drug-likeness (QED) is 0.503. The third-order valence-electron chi connectivity index (χ3n) is 0.944. The van der Waals surface area contributed by atoms with Crippen molar-refractivity contribution in [2.45, 2.75) is 6.92 Å². The van der Waals surface area contributed by atoms with E-state index in [1.165, 1.54) is 13.2 Å². The van der Waals surface area contributed by atoms with E-state index < -0.39 is 5.41 Å². The molecule has 0 unspecified atom stereocenters. The molecule has 47 valence electrons. The van der Waals surface area contributed by atoms with Gasteiger partial charge in [0.2, 0.25) is 6.29 Å². The van der Waals surface area contributed by atoms with Gasteiger partial charge in [-0.15, -0.1) is 0 Å². The zero-order chi connectivity index (χ0) is 6.62. The Labute approximate surface area is 47.9 Å². The summed E-state index contributed by atoms with van der Waals surface area (Å²) in [7, 11) is 0. The Morgan fingerprint density at radius 2 is 1.88 bits per heavy atom. The highest BCUT2D eigenvalue weighted by atomic mass is 16.3. The molecule has 3 nitrogen and oxygen atoms in total. The summed E-state index contributed by atoms with van der Waals surface area (Å²) in [5.41, 5.74) is -1.07. The summed E-state index contributed by atoms with van der Waals surface area (Å²) >= 11 is 0. The molecule has 0 aliphatic carbocycles. The highest BCUT2D eigenvalue weighted by Gasteiger charge is 2.21. The van der Waals surface area contributed by atoms with Gasteiger partial charge in [-0.05, 0) is 6.92 Å². The summed E-state index contributed by atoms with van der Waals surface area (Å²) in [5, 5.41) is 16.7. The molecule has 3 heteroatoms. The maximum atomic E-state index is 9.84. The van der Waals surface area contributed by atoms with Crippen molar-refractivity contribution in [3.63, 3.8) is 0 Å².